The molecule has 2 atom stereocenters. The number of carbonyl (C=O) groups is 1. The second-order valence-electron chi connectivity index (χ2n) is 8.14. The van der Waals surface area contributed by atoms with Crippen molar-refractivity contribution in [2.24, 2.45) is 5.92 Å². The van der Waals surface area contributed by atoms with E-state index in [9.17, 15) is 9.59 Å². The highest BCUT2D eigenvalue weighted by atomic mass is 16.5. The Morgan fingerprint density at radius 2 is 1.86 bits per heavy atom. The van der Waals surface area contributed by atoms with Crippen LogP contribution in [0, 0.1) is 5.92 Å². The molecule has 1 saturated heterocycles. The summed E-state index contributed by atoms with van der Waals surface area (Å²) in [5.74, 6) is 1.49. The molecular weight excluding hydrogens is 354 g/mol. The number of likely N-dealkylation sites (N-methyl/N-ethyl adjacent to an activating group) is 1. The molecule has 2 aliphatic rings. The SMILES string of the molecule is COc1ccc(-c2ccc(=O)n3c2[C@@H]2C[C@@H](CN(C(=O)CN(C)C)C2)C3)cc1. The summed E-state index contributed by atoms with van der Waals surface area (Å²) in [5.41, 5.74) is 3.26. The van der Waals surface area contributed by atoms with Gasteiger partial charge in [-0.05, 0) is 50.2 Å². The quantitative estimate of drug-likeness (QED) is 0.813. The van der Waals surface area contributed by atoms with Gasteiger partial charge in [-0.3, -0.25) is 9.59 Å². The number of nitrogens with zero attached hydrogens (tertiary/aromatic N) is 3. The van der Waals surface area contributed by atoms with Gasteiger partial charge in [0, 0.05) is 42.9 Å². The molecule has 1 amide bonds. The number of piperidine rings is 1. The lowest BCUT2D eigenvalue weighted by atomic mass is 9.80. The first-order valence-corrected chi connectivity index (χ1v) is 9.77. The van der Waals surface area contributed by atoms with Gasteiger partial charge >= 0.3 is 0 Å². The number of hydrogen-bond acceptors (Lipinski definition) is 4. The van der Waals surface area contributed by atoms with Gasteiger partial charge in [0.2, 0.25) is 5.91 Å². The predicted octanol–water partition coefficient (Wildman–Crippen LogP) is 2.03. The summed E-state index contributed by atoms with van der Waals surface area (Å²) in [6, 6.07) is 11.5. The lowest BCUT2D eigenvalue weighted by Gasteiger charge is -2.43. The van der Waals surface area contributed by atoms with E-state index in [1.807, 2.05) is 58.8 Å². The predicted molar refractivity (Wildman–Crippen MR) is 109 cm³/mol. The molecule has 0 spiro atoms. The number of carbonyl (C=O) groups excluding carboxylic acids is 1. The third-order valence-corrected chi connectivity index (χ3v) is 5.80. The molecule has 0 aliphatic carbocycles. The smallest absolute Gasteiger partial charge is 0.250 e. The van der Waals surface area contributed by atoms with Crippen molar-refractivity contribution in [2.45, 2.75) is 18.9 Å². The third-order valence-electron chi connectivity index (χ3n) is 5.80. The van der Waals surface area contributed by atoms with Crippen LogP contribution in [0.15, 0.2) is 41.2 Å². The van der Waals surface area contributed by atoms with Gasteiger partial charge in [-0.2, -0.15) is 0 Å². The van der Waals surface area contributed by atoms with E-state index in [4.69, 9.17) is 4.74 Å². The summed E-state index contributed by atoms with van der Waals surface area (Å²) in [6.45, 7) is 2.52. The standard InChI is InChI=1S/C22H27N3O3/c1-23(2)14-21(27)24-11-15-10-17(13-24)22-19(8-9-20(26)25(22)12-15)16-4-6-18(28-3)7-5-16/h4-9,15,17H,10-14H2,1-3H3/t15-,17+/m0/s1. The zero-order valence-corrected chi connectivity index (χ0v) is 16.7. The molecule has 4 rings (SSSR count). The molecule has 6 heteroatoms. The number of likely N-dealkylation sites (tertiary alicyclic amines) is 1. The molecule has 1 aromatic carbocycles. The highest BCUT2D eigenvalue weighted by molar-refractivity contribution is 5.78. The Labute approximate surface area is 165 Å². The summed E-state index contributed by atoms with van der Waals surface area (Å²) < 4.78 is 7.21. The highest BCUT2D eigenvalue weighted by Gasteiger charge is 2.37. The van der Waals surface area contributed by atoms with E-state index >= 15 is 0 Å². The first kappa shape index (κ1) is 18.7. The maximum Gasteiger partial charge on any atom is 0.250 e. The molecule has 2 aromatic rings. The van der Waals surface area contributed by atoms with Gasteiger partial charge in [0.15, 0.2) is 0 Å². The van der Waals surface area contributed by atoms with Crippen LogP contribution in [0.1, 0.15) is 18.0 Å². The normalized spacial score (nSPS) is 20.8. The first-order valence-electron chi connectivity index (χ1n) is 9.77. The number of rotatable bonds is 4. The second kappa shape index (κ2) is 7.43. The Morgan fingerprint density at radius 3 is 2.54 bits per heavy atom. The fourth-order valence-electron chi connectivity index (χ4n) is 4.60. The third kappa shape index (κ3) is 3.44. The van der Waals surface area contributed by atoms with Crippen LogP contribution in [0.3, 0.4) is 0 Å². The Bertz CT molecular complexity index is 933. The zero-order chi connectivity index (χ0) is 19.8. The molecule has 1 aromatic heterocycles. The van der Waals surface area contributed by atoms with Crippen molar-refractivity contribution in [3.8, 4) is 16.9 Å². The number of pyridine rings is 1. The van der Waals surface area contributed by atoms with Gasteiger partial charge in [-0.15, -0.1) is 0 Å². The molecule has 1 fully saturated rings. The minimum Gasteiger partial charge on any atom is -0.497 e. The van der Waals surface area contributed by atoms with Crippen molar-refractivity contribution in [3.63, 3.8) is 0 Å². The molecule has 0 unspecified atom stereocenters. The molecule has 6 nitrogen and oxygen atoms in total. The van der Waals surface area contributed by atoms with Crippen LogP contribution in [0.4, 0.5) is 0 Å². The van der Waals surface area contributed by atoms with Crippen molar-refractivity contribution in [1.29, 1.82) is 0 Å². The zero-order valence-electron chi connectivity index (χ0n) is 16.7. The van der Waals surface area contributed by atoms with E-state index < -0.39 is 0 Å². The number of amides is 1. The van der Waals surface area contributed by atoms with Crippen LogP contribution in [0.25, 0.3) is 11.1 Å². The average molecular weight is 381 g/mol. The molecule has 0 N–H and O–H groups in total. The van der Waals surface area contributed by atoms with Crippen molar-refractivity contribution in [3.05, 3.63) is 52.4 Å². The Morgan fingerprint density at radius 1 is 1.11 bits per heavy atom. The summed E-state index contributed by atoms with van der Waals surface area (Å²) in [7, 11) is 5.49. The Hall–Kier alpha value is -2.60. The maximum atomic E-state index is 12.6. The van der Waals surface area contributed by atoms with Crippen molar-refractivity contribution >= 4 is 5.91 Å². The van der Waals surface area contributed by atoms with Crippen LogP contribution < -0.4 is 10.3 Å². The van der Waals surface area contributed by atoms with E-state index in [0.29, 0.717) is 25.6 Å². The second-order valence-corrected chi connectivity index (χ2v) is 8.14. The molecule has 2 bridgehead atoms. The number of benzene rings is 1. The van der Waals surface area contributed by atoms with Gasteiger partial charge in [0.05, 0.1) is 13.7 Å². The van der Waals surface area contributed by atoms with Crippen LogP contribution >= 0.6 is 0 Å². The number of aromatic nitrogens is 1. The van der Waals surface area contributed by atoms with Crippen LogP contribution in [-0.4, -0.2) is 61.1 Å². The molecule has 0 radical (unpaired) electrons. The fourth-order valence-corrected chi connectivity index (χ4v) is 4.60. The molecule has 3 heterocycles. The number of fused-ring (bicyclic) bond motifs is 4. The van der Waals surface area contributed by atoms with Crippen LogP contribution in [-0.2, 0) is 11.3 Å². The molecule has 28 heavy (non-hydrogen) atoms. The first-order chi connectivity index (χ1) is 13.5. The van der Waals surface area contributed by atoms with Crippen molar-refractivity contribution in [1.82, 2.24) is 14.4 Å². The monoisotopic (exact) mass is 381 g/mol. The number of hydrogen-bond donors (Lipinski definition) is 0. The lowest BCUT2D eigenvalue weighted by Crippen LogP contribution is -2.51. The number of methoxy groups -OCH3 is 1. The van der Waals surface area contributed by atoms with Crippen LogP contribution in [0.5, 0.6) is 5.75 Å². The maximum absolute atomic E-state index is 12.6. The Kier molecular flexibility index (Phi) is 4.98. The minimum absolute atomic E-state index is 0.0510. The number of ether oxygens (including phenoxy) is 1. The van der Waals surface area contributed by atoms with E-state index in [-0.39, 0.29) is 17.4 Å². The fraction of sp³-hybridized carbons (Fsp3) is 0.455. The highest BCUT2D eigenvalue weighted by Crippen LogP contribution is 2.40. The van der Waals surface area contributed by atoms with Gasteiger partial charge < -0.3 is 19.1 Å². The van der Waals surface area contributed by atoms with Gasteiger partial charge in [0.25, 0.3) is 5.56 Å². The summed E-state index contributed by atoms with van der Waals surface area (Å²) in [6.07, 6.45) is 1.03. The average Bonchev–Trinajstić information content (AvgIpc) is 2.68. The molecule has 2 aliphatic heterocycles. The minimum atomic E-state index is 0.0510. The summed E-state index contributed by atoms with van der Waals surface area (Å²) in [4.78, 5) is 29.1. The summed E-state index contributed by atoms with van der Waals surface area (Å²) >= 11 is 0. The van der Waals surface area contributed by atoms with E-state index in [1.165, 1.54) is 0 Å². The van der Waals surface area contributed by atoms with Gasteiger partial charge in [0.1, 0.15) is 5.75 Å². The molecular formula is C22H27N3O3. The van der Waals surface area contributed by atoms with E-state index in [2.05, 4.69) is 0 Å². The van der Waals surface area contributed by atoms with Crippen molar-refractivity contribution in [2.75, 3.05) is 40.8 Å². The van der Waals surface area contributed by atoms with Crippen LogP contribution in [0.2, 0.25) is 0 Å². The molecule has 148 valence electrons. The van der Waals surface area contributed by atoms with Crippen molar-refractivity contribution < 1.29 is 9.53 Å². The Balaban J connectivity index is 1.72. The van der Waals surface area contributed by atoms with E-state index in [1.54, 1.807) is 13.2 Å². The summed E-state index contributed by atoms with van der Waals surface area (Å²) in [5, 5.41) is 0. The van der Waals surface area contributed by atoms with E-state index in [0.717, 1.165) is 35.5 Å². The van der Waals surface area contributed by atoms with Gasteiger partial charge in [-0.25, -0.2) is 0 Å². The van der Waals surface area contributed by atoms with Gasteiger partial charge in [-0.1, -0.05) is 12.1 Å². The largest absolute Gasteiger partial charge is 0.497 e. The topological polar surface area (TPSA) is 54.8 Å². The lowest BCUT2D eigenvalue weighted by molar-refractivity contribution is -0.134. The molecule has 0 saturated carbocycles.